The molecule has 5 heteroatoms. The van der Waals surface area contributed by atoms with Crippen LogP contribution < -0.4 is 0 Å². The number of carbonyl (C=O) groups excluding carboxylic acids is 1. The summed E-state index contributed by atoms with van der Waals surface area (Å²) in [6.07, 6.45) is 0. The highest BCUT2D eigenvalue weighted by molar-refractivity contribution is 6.18. The lowest BCUT2D eigenvalue weighted by Gasteiger charge is -2.20. The summed E-state index contributed by atoms with van der Waals surface area (Å²) in [7, 11) is 0. The number of amides is 1. The molecule has 0 bridgehead atoms. The highest BCUT2D eigenvalue weighted by atomic mass is 35.5. The third-order valence-corrected chi connectivity index (χ3v) is 2.43. The summed E-state index contributed by atoms with van der Waals surface area (Å²) in [5.41, 5.74) is -0.0746. The molecule has 0 unspecified atom stereocenters. The molecule has 0 spiro atoms. The van der Waals surface area contributed by atoms with E-state index in [0.717, 1.165) is 0 Å². The van der Waals surface area contributed by atoms with Crippen LogP contribution in [0.1, 0.15) is 17.3 Å². The molecule has 0 saturated carbocycles. The molecule has 4 nitrogen and oxygen atoms in total. The van der Waals surface area contributed by atoms with Crippen LogP contribution in [0, 0.1) is 0 Å². The first-order valence-corrected chi connectivity index (χ1v) is 5.51. The average molecular weight is 244 g/mol. The van der Waals surface area contributed by atoms with E-state index < -0.39 is 5.91 Å². The lowest BCUT2D eigenvalue weighted by molar-refractivity contribution is 0.0768. The molecule has 0 heterocycles. The van der Waals surface area contributed by atoms with Crippen molar-refractivity contribution in [1.29, 1.82) is 0 Å². The second-order valence-electron chi connectivity index (χ2n) is 3.25. The largest absolute Gasteiger partial charge is 0.507 e. The lowest BCUT2D eigenvalue weighted by atomic mass is 10.1. The van der Waals surface area contributed by atoms with Gasteiger partial charge in [-0.05, 0) is 19.1 Å². The van der Waals surface area contributed by atoms with Crippen molar-refractivity contribution in [2.75, 3.05) is 19.0 Å². The van der Waals surface area contributed by atoms with Gasteiger partial charge in [0.15, 0.2) is 0 Å². The third kappa shape index (κ3) is 2.58. The second-order valence-corrected chi connectivity index (χ2v) is 3.62. The molecular formula is C11H14ClNO3. The van der Waals surface area contributed by atoms with Crippen LogP contribution in [-0.2, 0) is 0 Å². The molecule has 0 aliphatic heterocycles. The lowest BCUT2D eigenvalue weighted by Crippen LogP contribution is -2.32. The topological polar surface area (TPSA) is 60.8 Å². The Morgan fingerprint density at radius 3 is 2.38 bits per heavy atom. The first kappa shape index (κ1) is 12.6. The third-order valence-electron chi connectivity index (χ3n) is 2.26. The summed E-state index contributed by atoms with van der Waals surface area (Å²) < 4.78 is 0. The standard InChI is InChI=1S/C11H14ClNO3/c1-2-13(7-6-12)11(16)10-8(14)4-3-5-9(10)15/h3-5,14-15H,2,6-7H2,1H3. The first-order chi connectivity index (χ1) is 7.61. The van der Waals surface area contributed by atoms with Crippen molar-refractivity contribution >= 4 is 17.5 Å². The van der Waals surface area contributed by atoms with E-state index >= 15 is 0 Å². The number of halogens is 1. The Kier molecular flexibility index (Phi) is 4.43. The zero-order valence-corrected chi connectivity index (χ0v) is 9.74. The van der Waals surface area contributed by atoms with Gasteiger partial charge in [-0.3, -0.25) is 4.79 Å². The van der Waals surface area contributed by atoms with Crippen LogP contribution in [0.15, 0.2) is 18.2 Å². The number of alkyl halides is 1. The molecule has 0 aliphatic rings. The summed E-state index contributed by atoms with van der Waals surface area (Å²) in [6, 6.07) is 4.20. The van der Waals surface area contributed by atoms with Crippen LogP contribution in [0.3, 0.4) is 0 Å². The minimum Gasteiger partial charge on any atom is -0.507 e. The molecule has 1 aromatic carbocycles. The maximum atomic E-state index is 12.0. The van der Waals surface area contributed by atoms with Gasteiger partial charge in [0.25, 0.3) is 5.91 Å². The number of hydrogen-bond donors (Lipinski definition) is 2. The van der Waals surface area contributed by atoms with Crippen LogP contribution in [0.4, 0.5) is 0 Å². The Balaban J connectivity index is 3.03. The number of phenolic OH excluding ortho intramolecular Hbond substituents is 2. The van der Waals surface area contributed by atoms with Crippen molar-refractivity contribution in [3.05, 3.63) is 23.8 Å². The van der Waals surface area contributed by atoms with Crippen molar-refractivity contribution in [3.8, 4) is 11.5 Å². The number of aromatic hydroxyl groups is 2. The fourth-order valence-electron chi connectivity index (χ4n) is 1.41. The van der Waals surface area contributed by atoms with E-state index in [1.165, 1.54) is 23.1 Å². The molecule has 0 aromatic heterocycles. The maximum Gasteiger partial charge on any atom is 0.261 e. The van der Waals surface area contributed by atoms with Gasteiger partial charge >= 0.3 is 0 Å². The molecule has 0 radical (unpaired) electrons. The van der Waals surface area contributed by atoms with Gasteiger partial charge in [-0.1, -0.05) is 6.07 Å². The van der Waals surface area contributed by atoms with Crippen LogP contribution in [0.5, 0.6) is 11.5 Å². The van der Waals surface area contributed by atoms with Crippen molar-refractivity contribution in [2.45, 2.75) is 6.92 Å². The van der Waals surface area contributed by atoms with Gasteiger partial charge in [-0.15, -0.1) is 11.6 Å². The van der Waals surface area contributed by atoms with Gasteiger partial charge in [0.1, 0.15) is 17.1 Å². The van der Waals surface area contributed by atoms with Gasteiger partial charge in [0.05, 0.1) is 0 Å². The molecule has 1 rings (SSSR count). The maximum absolute atomic E-state index is 12.0. The van der Waals surface area contributed by atoms with Gasteiger partial charge in [0, 0.05) is 19.0 Å². The van der Waals surface area contributed by atoms with E-state index in [4.69, 9.17) is 11.6 Å². The highest BCUT2D eigenvalue weighted by Gasteiger charge is 2.20. The summed E-state index contributed by atoms with van der Waals surface area (Å²) >= 11 is 5.57. The summed E-state index contributed by atoms with van der Waals surface area (Å²) in [4.78, 5) is 13.4. The zero-order chi connectivity index (χ0) is 12.1. The molecule has 0 fully saturated rings. The fourth-order valence-corrected chi connectivity index (χ4v) is 1.61. The predicted octanol–water partition coefficient (Wildman–Crippen LogP) is 1.80. The average Bonchev–Trinajstić information content (AvgIpc) is 2.25. The van der Waals surface area contributed by atoms with E-state index in [0.29, 0.717) is 19.0 Å². The molecule has 0 atom stereocenters. The minimum atomic E-state index is -0.418. The molecular weight excluding hydrogens is 230 g/mol. The van der Waals surface area contributed by atoms with Gasteiger partial charge in [0.2, 0.25) is 0 Å². The SMILES string of the molecule is CCN(CCCl)C(=O)c1c(O)cccc1O. The first-order valence-electron chi connectivity index (χ1n) is 4.98. The van der Waals surface area contributed by atoms with E-state index in [2.05, 4.69) is 0 Å². The number of rotatable bonds is 4. The van der Waals surface area contributed by atoms with Gasteiger partial charge < -0.3 is 15.1 Å². The molecule has 16 heavy (non-hydrogen) atoms. The van der Waals surface area contributed by atoms with Crippen molar-refractivity contribution in [1.82, 2.24) is 4.90 Å². The van der Waals surface area contributed by atoms with Crippen LogP contribution in [-0.4, -0.2) is 40.0 Å². The second kappa shape index (κ2) is 5.61. The number of nitrogens with zero attached hydrogens (tertiary/aromatic N) is 1. The number of benzene rings is 1. The van der Waals surface area contributed by atoms with Crippen LogP contribution in [0.25, 0.3) is 0 Å². The number of hydrogen-bond acceptors (Lipinski definition) is 3. The molecule has 0 saturated heterocycles. The molecule has 0 aliphatic carbocycles. The highest BCUT2D eigenvalue weighted by Crippen LogP contribution is 2.27. The number of carbonyl (C=O) groups is 1. The van der Waals surface area contributed by atoms with Gasteiger partial charge in [-0.2, -0.15) is 0 Å². The Bertz CT molecular complexity index is 361. The van der Waals surface area contributed by atoms with Crippen LogP contribution in [0.2, 0.25) is 0 Å². The summed E-state index contributed by atoms with van der Waals surface area (Å²) in [5, 5.41) is 19.1. The Morgan fingerprint density at radius 1 is 1.38 bits per heavy atom. The predicted molar refractivity (Wildman–Crippen MR) is 62.1 cm³/mol. The smallest absolute Gasteiger partial charge is 0.261 e. The molecule has 1 amide bonds. The quantitative estimate of drug-likeness (QED) is 0.793. The summed E-state index contributed by atoms with van der Waals surface area (Å²) in [6.45, 7) is 2.66. The van der Waals surface area contributed by atoms with Gasteiger partial charge in [-0.25, -0.2) is 0 Å². The zero-order valence-electron chi connectivity index (χ0n) is 8.98. The van der Waals surface area contributed by atoms with Crippen molar-refractivity contribution < 1.29 is 15.0 Å². The number of phenols is 2. The fraction of sp³-hybridized carbons (Fsp3) is 0.364. The summed E-state index contributed by atoms with van der Waals surface area (Å²) in [5.74, 6) is -0.553. The molecule has 88 valence electrons. The Morgan fingerprint density at radius 2 is 1.94 bits per heavy atom. The van der Waals surface area contributed by atoms with Crippen LogP contribution >= 0.6 is 11.6 Å². The normalized spacial score (nSPS) is 10.1. The van der Waals surface area contributed by atoms with Crippen molar-refractivity contribution in [2.24, 2.45) is 0 Å². The van der Waals surface area contributed by atoms with E-state index in [1.54, 1.807) is 0 Å². The monoisotopic (exact) mass is 243 g/mol. The minimum absolute atomic E-state index is 0.0746. The van der Waals surface area contributed by atoms with Crippen molar-refractivity contribution in [3.63, 3.8) is 0 Å². The Hall–Kier alpha value is -1.42. The van der Waals surface area contributed by atoms with E-state index in [1.807, 2.05) is 6.92 Å². The Labute approximate surface area is 99.1 Å². The van der Waals surface area contributed by atoms with E-state index in [9.17, 15) is 15.0 Å². The molecule has 1 aromatic rings. The van der Waals surface area contributed by atoms with E-state index in [-0.39, 0.29) is 17.1 Å². The molecule has 2 N–H and O–H groups in total.